The molecule has 0 aromatic heterocycles. The lowest BCUT2D eigenvalue weighted by Crippen LogP contribution is -2.35. The van der Waals surface area contributed by atoms with Gasteiger partial charge in [-0.15, -0.1) is 0 Å². The number of rotatable bonds is 9. The van der Waals surface area contributed by atoms with E-state index in [1.54, 1.807) is 12.1 Å². The van der Waals surface area contributed by atoms with Crippen molar-refractivity contribution in [2.75, 3.05) is 25.4 Å². The SMILES string of the molecule is CCC(CC)CN(CC)C(=O)CCOc1ccc(N)cc1. The van der Waals surface area contributed by atoms with Crippen molar-refractivity contribution in [3.8, 4) is 5.75 Å². The third-order valence-electron chi connectivity index (χ3n) is 3.83. The standard InChI is InChI=1S/C17H28N2O2/c1-4-14(5-2)13-19(6-3)17(20)11-12-21-16-9-7-15(18)8-10-16/h7-10,14H,4-6,11-13,18H2,1-3H3. The zero-order valence-electron chi connectivity index (χ0n) is 13.5. The highest BCUT2D eigenvalue weighted by Gasteiger charge is 2.15. The molecule has 0 atom stereocenters. The third kappa shape index (κ3) is 6.06. The van der Waals surface area contributed by atoms with Crippen LogP contribution in [0, 0.1) is 5.92 Å². The van der Waals surface area contributed by atoms with Gasteiger partial charge in [0, 0.05) is 18.8 Å². The number of amides is 1. The molecule has 1 amide bonds. The van der Waals surface area contributed by atoms with Crippen molar-refractivity contribution in [2.24, 2.45) is 5.92 Å². The first-order chi connectivity index (χ1) is 10.1. The van der Waals surface area contributed by atoms with Gasteiger partial charge in [0.05, 0.1) is 13.0 Å². The van der Waals surface area contributed by atoms with Crippen LogP contribution in [0.5, 0.6) is 5.75 Å². The lowest BCUT2D eigenvalue weighted by Gasteiger charge is -2.25. The number of nitrogens with zero attached hydrogens (tertiary/aromatic N) is 1. The van der Waals surface area contributed by atoms with Crippen LogP contribution in [0.4, 0.5) is 5.69 Å². The van der Waals surface area contributed by atoms with Gasteiger partial charge < -0.3 is 15.4 Å². The largest absolute Gasteiger partial charge is 0.493 e. The molecule has 1 rings (SSSR count). The topological polar surface area (TPSA) is 55.6 Å². The highest BCUT2D eigenvalue weighted by molar-refractivity contribution is 5.76. The Morgan fingerprint density at radius 1 is 1.19 bits per heavy atom. The van der Waals surface area contributed by atoms with Gasteiger partial charge in [-0.2, -0.15) is 0 Å². The predicted molar refractivity (Wildman–Crippen MR) is 87.3 cm³/mol. The smallest absolute Gasteiger partial charge is 0.225 e. The van der Waals surface area contributed by atoms with Gasteiger partial charge in [-0.3, -0.25) is 4.79 Å². The van der Waals surface area contributed by atoms with Gasteiger partial charge in [0.1, 0.15) is 5.75 Å². The predicted octanol–water partition coefficient (Wildman–Crippen LogP) is 3.32. The van der Waals surface area contributed by atoms with E-state index in [1.807, 2.05) is 24.0 Å². The number of hydrogen-bond donors (Lipinski definition) is 1. The van der Waals surface area contributed by atoms with E-state index in [0.717, 1.165) is 31.7 Å². The van der Waals surface area contributed by atoms with Crippen LogP contribution in [0.2, 0.25) is 0 Å². The normalized spacial score (nSPS) is 10.7. The third-order valence-corrected chi connectivity index (χ3v) is 3.83. The molecule has 2 N–H and O–H groups in total. The summed E-state index contributed by atoms with van der Waals surface area (Å²) in [5.41, 5.74) is 6.33. The molecule has 1 aromatic rings. The fraction of sp³-hybridized carbons (Fsp3) is 0.588. The summed E-state index contributed by atoms with van der Waals surface area (Å²) >= 11 is 0. The average Bonchev–Trinajstić information content (AvgIpc) is 2.50. The van der Waals surface area contributed by atoms with Crippen LogP contribution in [0.1, 0.15) is 40.0 Å². The zero-order chi connectivity index (χ0) is 15.7. The van der Waals surface area contributed by atoms with E-state index < -0.39 is 0 Å². The molecule has 0 unspecified atom stereocenters. The number of benzene rings is 1. The van der Waals surface area contributed by atoms with Crippen molar-refractivity contribution >= 4 is 11.6 Å². The molecule has 0 aliphatic heterocycles. The fourth-order valence-electron chi connectivity index (χ4n) is 2.24. The molecular formula is C17H28N2O2. The first-order valence-corrected chi connectivity index (χ1v) is 7.86. The molecule has 21 heavy (non-hydrogen) atoms. The van der Waals surface area contributed by atoms with Crippen LogP contribution < -0.4 is 10.5 Å². The van der Waals surface area contributed by atoms with Crippen LogP contribution in [0.25, 0.3) is 0 Å². The maximum absolute atomic E-state index is 12.2. The highest BCUT2D eigenvalue weighted by Crippen LogP contribution is 2.14. The molecule has 0 heterocycles. The number of nitrogens with two attached hydrogens (primary N) is 1. The Kier molecular flexibility index (Phi) is 7.65. The quantitative estimate of drug-likeness (QED) is 0.710. The van der Waals surface area contributed by atoms with Gasteiger partial charge in [0.2, 0.25) is 5.91 Å². The summed E-state index contributed by atoms with van der Waals surface area (Å²) in [6, 6.07) is 7.23. The molecule has 0 aliphatic carbocycles. The number of ether oxygens (including phenoxy) is 1. The number of anilines is 1. The van der Waals surface area contributed by atoms with Crippen LogP contribution in [0.15, 0.2) is 24.3 Å². The van der Waals surface area contributed by atoms with Gasteiger partial charge in [-0.25, -0.2) is 0 Å². The minimum atomic E-state index is 0.167. The summed E-state index contributed by atoms with van der Waals surface area (Å²) in [6.45, 7) is 8.40. The van der Waals surface area contributed by atoms with E-state index in [-0.39, 0.29) is 5.91 Å². The minimum Gasteiger partial charge on any atom is -0.493 e. The Morgan fingerprint density at radius 3 is 2.33 bits per heavy atom. The molecular weight excluding hydrogens is 264 g/mol. The van der Waals surface area contributed by atoms with E-state index in [0.29, 0.717) is 24.6 Å². The second-order valence-electron chi connectivity index (χ2n) is 5.28. The summed E-state index contributed by atoms with van der Waals surface area (Å²) in [5.74, 6) is 1.51. The summed E-state index contributed by atoms with van der Waals surface area (Å²) in [5, 5.41) is 0. The van der Waals surface area contributed by atoms with Crippen LogP contribution in [-0.4, -0.2) is 30.5 Å². The molecule has 4 heteroatoms. The lowest BCUT2D eigenvalue weighted by atomic mass is 10.0. The molecule has 1 aromatic carbocycles. The van der Waals surface area contributed by atoms with E-state index in [1.165, 1.54) is 0 Å². The molecule has 0 saturated carbocycles. The van der Waals surface area contributed by atoms with Crippen molar-refractivity contribution in [1.29, 1.82) is 0 Å². The van der Waals surface area contributed by atoms with E-state index in [4.69, 9.17) is 10.5 Å². The molecule has 0 spiro atoms. The van der Waals surface area contributed by atoms with E-state index in [9.17, 15) is 4.79 Å². The summed E-state index contributed by atoms with van der Waals surface area (Å²) in [7, 11) is 0. The van der Waals surface area contributed by atoms with Crippen LogP contribution >= 0.6 is 0 Å². The summed E-state index contributed by atoms with van der Waals surface area (Å²) < 4.78 is 5.58. The first kappa shape index (κ1) is 17.3. The Balaban J connectivity index is 2.38. The second-order valence-corrected chi connectivity index (χ2v) is 5.28. The maximum atomic E-state index is 12.2. The Morgan fingerprint density at radius 2 is 1.81 bits per heavy atom. The first-order valence-electron chi connectivity index (χ1n) is 7.86. The van der Waals surface area contributed by atoms with Crippen molar-refractivity contribution in [1.82, 2.24) is 4.90 Å². The van der Waals surface area contributed by atoms with E-state index >= 15 is 0 Å². The molecule has 0 saturated heterocycles. The lowest BCUT2D eigenvalue weighted by molar-refractivity contribution is -0.132. The molecule has 0 radical (unpaired) electrons. The second kappa shape index (κ2) is 9.27. The number of carbonyl (C=O) groups is 1. The van der Waals surface area contributed by atoms with Gasteiger partial charge in [0.15, 0.2) is 0 Å². The van der Waals surface area contributed by atoms with E-state index in [2.05, 4.69) is 13.8 Å². The molecule has 0 bridgehead atoms. The van der Waals surface area contributed by atoms with Gasteiger partial charge >= 0.3 is 0 Å². The Bertz CT molecular complexity index is 413. The van der Waals surface area contributed by atoms with Gasteiger partial charge in [0.25, 0.3) is 0 Å². The average molecular weight is 292 g/mol. The van der Waals surface area contributed by atoms with Crippen LogP contribution in [-0.2, 0) is 4.79 Å². The minimum absolute atomic E-state index is 0.167. The number of hydrogen-bond acceptors (Lipinski definition) is 3. The summed E-state index contributed by atoms with van der Waals surface area (Å²) in [4.78, 5) is 14.1. The van der Waals surface area contributed by atoms with Crippen molar-refractivity contribution in [2.45, 2.75) is 40.0 Å². The molecule has 4 nitrogen and oxygen atoms in total. The molecule has 0 fully saturated rings. The molecule has 118 valence electrons. The van der Waals surface area contributed by atoms with Crippen molar-refractivity contribution < 1.29 is 9.53 Å². The zero-order valence-corrected chi connectivity index (χ0v) is 13.5. The Hall–Kier alpha value is -1.71. The van der Waals surface area contributed by atoms with Crippen molar-refractivity contribution in [3.63, 3.8) is 0 Å². The van der Waals surface area contributed by atoms with Gasteiger partial charge in [-0.1, -0.05) is 26.7 Å². The fourth-order valence-corrected chi connectivity index (χ4v) is 2.24. The Labute approximate surface area is 128 Å². The van der Waals surface area contributed by atoms with Gasteiger partial charge in [-0.05, 0) is 37.1 Å². The monoisotopic (exact) mass is 292 g/mol. The highest BCUT2D eigenvalue weighted by atomic mass is 16.5. The maximum Gasteiger partial charge on any atom is 0.225 e. The number of nitrogen functional groups attached to an aromatic ring is 1. The van der Waals surface area contributed by atoms with Crippen LogP contribution in [0.3, 0.4) is 0 Å². The molecule has 0 aliphatic rings. The van der Waals surface area contributed by atoms with Crippen molar-refractivity contribution in [3.05, 3.63) is 24.3 Å². The number of carbonyl (C=O) groups excluding carboxylic acids is 1. The summed E-state index contributed by atoms with van der Waals surface area (Å²) in [6.07, 6.45) is 2.64.